The number of carbonyl (C=O) groups is 1. The Morgan fingerprint density at radius 2 is 1.82 bits per heavy atom. The summed E-state index contributed by atoms with van der Waals surface area (Å²) >= 11 is 0. The van der Waals surface area contributed by atoms with Gasteiger partial charge < -0.3 is 15.0 Å². The zero-order chi connectivity index (χ0) is 20.1. The Morgan fingerprint density at radius 1 is 1.04 bits per heavy atom. The molecule has 0 aliphatic rings. The van der Waals surface area contributed by atoms with Gasteiger partial charge in [0.05, 0.1) is 5.56 Å². The molecule has 144 valence electrons. The monoisotopic (exact) mass is 376 g/mol. The Bertz CT molecular complexity index is 1050. The molecule has 28 heavy (non-hydrogen) atoms. The van der Waals surface area contributed by atoms with Crippen LogP contribution >= 0.6 is 0 Å². The van der Waals surface area contributed by atoms with Crippen molar-refractivity contribution in [1.29, 1.82) is 0 Å². The van der Waals surface area contributed by atoms with Crippen LogP contribution < -0.4 is 15.6 Å². The van der Waals surface area contributed by atoms with Crippen LogP contribution in [0.25, 0.3) is 0 Å². The second-order valence-electron chi connectivity index (χ2n) is 6.90. The maximum absolute atomic E-state index is 12.7. The van der Waals surface area contributed by atoms with E-state index in [0.717, 1.165) is 22.4 Å². The van der Waals surface area contributed by atoms with Crippen molar-refractivity contribution in [3.8, 4) is 5.75 Å². The molecule has 0 aliphatic carbocycles. The lowest BCUT2D eigenvalue weighted by atomic mass is 10.1. The number of aromatic nitrogens is 1. The third-order valence-electron chi connectivity index (χ3n) is 4.53. The number of aromatic amines is 1. The summed E-state index contributed by atoms with van der Waals surface area (Å²) in [6.07, 6.45) is 0. The Hall–Kier alpha value is -3.34. The number of ether oxygens (including phenoxy) is 1. The van der Waals surface area contributed by atoms with Crippen LogP contribution in [0, 0.1) is 20.8 Å². The molecule has 0 unspecified atom stereocenters. The van der Waals surface area contributed by atoms with Crippen molar-refractivity contribution in [3.63, 3.8) is 0 Å². The molecule has 0 fully saturated rings. The summed E-state index contributed by atoms with van der Waals surface area (Å²) in [5.41, 5.74) is 4.66. The molecule has 0 aliphatic heterocycles. The zero-order valence-corrected chi connectivity index (χ0v) is 16.3. The molecule has 0 bridgehead atoms. The van der Waals surface area contributed by atoms with E-state index < -0.39 is 0 Å². The highest BCUT2D eigenvalue weighted by atomic mass is 16.5. The maximum Gasteiger partial charge on any atom is 0.255 e. The molecule has 1 aromatic heterocycles. The van der Waals surface area contributed by atoms with Gasteiger partial charge in [-0.3, -0.25) is 9.59 Å². The Kier molecular flexibility index (Phi) is 5.94. The first-order chi connectivity index (χ1) is 13.4. The van der Waals surface area contributed by atoms with E-state index >= 15 is 0 Å². The Morgan fingerprint density at radius 3 is 2.57 bits per heavy atom. The molecule has 5 nitrogen and oxygen atoms in total. The smallest absolute Gasteiger partial charge is 0.255 e. The number of nitrogens with one attached hydrogen (secondary N) is 2. The lowest BCUT2D eigenvalue weighted by Gasteiger charge is -2.13. The topological polar surface area (TPSA) is 71.2 Å². The third-order valence-corrected chi connectivity index (χ3v) is 4.53. The molecule has 0 saturated heterocycles. The third kappa shape index (κ3) is 4.68. The van der Waals surface area contributed by atoms with E-state index in [4.69, 9.17) is 4.74 Å². The van der Waals surface area contributed by atoms with E-state index in [0.29, 0.717) is 23.5 Å². The normalized spacial score (nSPS) is 10.5. The molecule has 0 atom stereocenters. The minimum Gasteiger partial charge on any atom is -0.488 e. The van der Waals surface area contributed by atoms with Crippen molar-refractivity contribution in [2.75, 3.05) is 0 Å². The van der Waals surface area contributed by atoms with Gasteiger partial charge in [0.1, 0.15) is 12.4 Å². The first-order valence-corrected chi connectivity index (χ1v) is 9.19. The van der Waals surface area contributed by atoms with Crippen molar-refractivity contribution in [1.82, 2.24) is 10.3 Å². The summed E-state index contributed by atoms with van der Waals surface area (Å²) in [4.78, 5) is 27.6. The van der Waals surface area contributed by atoms with Crippen LogP contribution in [-0.4, -0.2) is 10.9 Å². The van der Waals surface area contributed by atoms with Gasteiger partial charge in [-0.1, -0.05) is 42.0 Å². The minimum absolute atomic E-state index is 0.159. The fourth-order valence-electron chi connectivity index (χ4n) is 3.11. The van der Waals surface area contributed by atoms with Crippen LogP contribution in [0.1, 0.15) is 38.3 Å². The van der Waals surface area contributed by atoms with Crippen LogP contribution in [0.5, 0.6) is 5.75 Å². The quantitative estimate of drug-likeness (QED) is 0.687. The van der Waals surface area contributed by atoms with Gasteiger partial charge in [-0.15, -0.1) is 0 Å². The largest absolute Gasteiger partial charge is 0.488 e. The average Bonchev–Trinajstić information content (AvgIpc) is 2.65. The van der Waals surface area contributed by atoms with E-state index in [1.807, 2.05) is 51.1 Å². The second-order valence-corrected chi connectivity index (χ2v) is 6.90. The summed E-state index contributed by atoms with van der Waals surface area (Å²) < 4.78 is 5.89. The van der Waals surface area contributed by atoms with E-state index in [9.17, 15) is 9.59 Å². The van der Waals surface area contributed by atoms with Crippen LogP contribution in [0.4, 0.5) is 0 Å². The lowest BCUT2D eigenvalue weighted by Crippen LogP contribution is -2.28. The van der Waals surface area contributed by atoms with Crippen molar-refractivity contribution in [3.05, 3.63) is 98.5 Å². The van der Waals surface area contributed by atoms with Gasteiger partial charge in [0.15, 0.2) is 0 Å². The Balaban J connectivity index is 1.71. The molecule has 2 N–H and O–H groups in total. The molecule has 1 heterocycles. The number of H-pyrrole nitrogens is 1. The Labute approximate surface area is 164 Å². The molecule has 5 heteroatoms. The number of hydrogen-bond donors (Lipinski definition) is 2. The predicted molar refractivity (Wildman–Crippen MR) is 110 cm³/mol. The summed E-state index contributed by atoms with van der Waals surface area (Å²) in [5, 5.41) is 2.83. The molecule has 2 aromatic carbocycles. The number of pyridine rings is 1. The number of aryl methyl sites for hydroxylation is 3. The minimum atomic E-state index is -0.279. The number of amides is 1. The fraction of sp³-hybridized carbons (Fsp3) is 0.217. The number of hydrogen-bond acceptors (Lipinski definition) is 3. The molecular formula is C23H24N2O3. The number of rotatable bonds is 6. The van der Waals surface area contributed by atoms with E-state index in [1.54, 1.807) is 18.2 Å². The van der Waals surface area contributed by atoms with Crippen LogP contribution in [0.3, 0.4) is 0 Å². The number of benzene rings is 2. The van der Waals surface area contributed by atoms with Crippen molar-refractivity contribution in [2.24, 2.45) is 0 Å². The molecule has 0 saturated carbocycles. The highest BCUT2D eigenvalue weighted by molar-refractivity contribution is 5.96. The maximum atomic E-state index is 12.7. The average molecular weight is 376 g/mol. The molecule has 0 spiro atoms. The fourth-order valence-corrected chi connectivity index (χ4v) is 3.11. The lowest BCUT2D eigenvalue weighted by molar-refractivity contribution is 0.0946. The van der Waals surface area contributed by atoms with Gasteiger partial charge >= 0.3 is 0 Å². The molecular weight excluding hydrogens is 352 g/mol. The SMILES string of the molecule is Cc1cccc(COc2ccccc2C(=O)NCc2c(C)cc(C)[nH]c2=O)c1. The summed E-state index contributed by atoms with van der Waals surface area (Å²) in [6.45, 7) is 6.26. The highest BCUT2D eigenvalue weighted by Crippen LogP contribution is 2.20. The van der Waals surface area contributed by atoms with Crippen LogP contribution in [-0.2, 0) is 13.2 Å². The second kappa shape index (κ2) is 8.57. The van der Waals surface area contributed by atoms with E-state index in [2.05, 4.69) is 16.4 Å². The molecule has 1 amide bonds. The van der Waals surface area contributed by atoms with Crippen molar-refractivity contribution >= 4 is 5.91 Å². The number of para-hydroxylation sites is 1. The van der Waals surface area contributed by atoms with Gasteiger partial charge in [-0.25, -0.2) is 0 Å². The van der Waals surface area contributed by atoms with Crippen LogP contribution in [0.2, 0.25) is 0 Å². The van der Waals surface area contributed by atoms with Crippen molar-refractivity contribution < 1.29 is 9.53 Å². The predicted octanol–water partition coefficient (Wildman–Crippen LogP) is 3.81. The highest BCUT2D eigenvalue weighted by Gasteiger charge is 2.14. The zero-order valence-electron chi connectivity index (χ0n) is 16.3. The molecule has 3 aromatic rings. The first kappa shape index (κ1) is 19.4. The first-order valence-electron chi connectivity index (χ1n) is 9.19. The van der Waals surface area contributed by atoms with Gasteiger partial charge in [0, 0.05) is 17.8 Å². The van der Waals surface area contributed by atoms with Gasteiger partial charge in [-0.05, 0) is 50.1 Å². The van der Waals surface area contributed by atoms with Crippen LogP contribution in [0.15, 0.2) is 59.4 Å². The van der Waals surface area contributed by atoms with E-state index in [-0.39, 0.29) is 18.0 Å². The summed E-state index contributed by atoms with van der Waals surface area (Å²) in [5.74, 6) is 0.232. The van der Waals surface area contributed by atoms with Crippen molar-refractivity contribution in [2.45, 2.75) is 33.9 Å². The summed E-state index contributed by atoms with van der Waals surface area (Å²) in [6, 6.07) is 17.0. The van der Waals surface area contributed by atoms with Gasteiger partial charge in [0.25, 0.3) is 11.5 Å². The molecule has 0 radical (unpaired) electrons. The standard InChI is InChI=1S/C23H24N2O3/c1-15-7-6-8-18(11-15)14-28-21-10-5-4-9-19(21)22(26)24-13-20-16(2)12-17(3)25-23(20)27/h4-12H,13-14H2,1-3H3,(H,24,26)(H,25,27). The molecule has 3 rings (SSSR count). The number of carbonyl (C=O) groups excluding carboxylic acids is 1. The summed E-state index contributed by atoms with van der Waals surface area (Å²) in [7, 11) is 0. The van der Waals surface area contributed by atoms with Gasteiger partial charge in [-0.2, -0.15) is 0 Å². The van der Waals surface area contributed by atoms with Gasteiger partial charge in [0.2, 0.25) is 0 Å². The van der Waals surface area contributed by atoms with E-state index in [1.165, 1.54) is 0 Å².